The minimum atomic E-state index is -3.80. The Labute approximate surface area is 192 Å². The molecule has 1 aliphatic rings. The molecule has 0 unspecified atom stereocenters. The summed E-state index contributed by atoms with van der Waals surface area (Å²) in [5.74, 6) is -0.184. The highest BCUT2D eigenvalue weighted by molar-refractivity contribution is 7.89. The fourth-order valence-electron chi connectivity index (χ4n) is 3.42. The van der Waals surface area contributed by atoms with E-state index in [0.717, 1.165) is 0 Å². The zero-order valence-corrected chi connectivity index (χ0v) is 18.8. The number of halogens is 3. The summed E-state index contributed by atoms with van der Waals surface area (Å²) in [6.45, 7) is 1.22. The van der Waals surface area contributed by atoms with Crippen LogP contribution in [0.25, 0.3) is 11.0 Å². The Morgan fingerprint density at radius 2 is 1.74 bits per heavy atom. The van der Waals surface area contributed by atoms with Crippen molar-refractivity contribution in [2.45, 2.75) is 4.90 Å². The van der Waals surface area contributed by atoms with E-state index in [9.17, 15) is 13.2 Å². The molecule has 0 atom stereocenters. The number of furan rings is 1. The van der Waals surface area contributed by atoms with Gasteiger partial charge in [0.25, 0.3) is 5.95 Å². The summed E-state index contributed by atoms with van der Waals surface area (Å²) in [6, 6.07) is 9.28. The van der Waals surface area contributed by atoms with Crippen molar-refractivity contribution < 1.29 is 27.5 Å². The van der Waals surface area contributed by atoms with Gasteiger partial charge in [-0.15, -0.1) is 0 Å². The fraction of sp³-hybridized carbons (Fsp3) is 0.211. The lowest BCUT2D eigenvalue weighted by atomic mass is 10.2. The van der Waals surface area contributed by atoms with Gasteiger partial charge in [-0.25, -0.2) is 13.2 Å². The maximum absolute atomic E-state index is 13.0. The SMILES string of the molecule is O=C(O)Oc1cc2c(Cl)c(N3CCN(S(=O)(=O)c4cccc(Cl)c4Cl)CC3)ccc2o1. The van der Waals surface area contributed by atoms with Crippen LogP contribution >= 0.6 is 34.8 Å². The van der Waals surface area contributed by atoms with Crippen LogP contribution in [0.5, 0.6) is 5.95 Å². The molecule has 0 radical (unpaired) electrons. The van der Waals surface area contributed by atoms with E-state index in [1.54, 1.807) is 18.2 Å². The predicted octanol–water partition coefficient (Wildman–Crippen LogP) is 4.96. The zero-order valence-electron chi connectivity index (χ0n) is 15.7. The van der Waals surface area contributed by atoms with Crippen LogP contribution in [0.15, 0.2) is 45.7 Å². The van der Waals surface area contributed by atoms with E-state index in [0.29, 0.717) is 34.8 Å². The highest BCUT2D eigenvalue weighted by Gasteiger charge is 2.31. The van der Waals surface area contributed by atoms with Gasteiger partial charge in [-0.1, -0.05) is 40.9 Å². The molecule has 0 aliphatic carbocycles. The summed E-state index contributed by atoms with van der Waals surface area (Å²) in [5.41, 5.74) is 1.05. The third kappa shape index (κ3) is 4.16. The Balaban J connectivity index is 1.54. The van der Waals surface area contributed by atoms with E-state index in [4.69, 9.17) is 44.3 Å². The molecule has 2 aromatic carbocycles. The first kappa shape index (κ1) is 22.0. The molecule has 0 saturated carbocycles. The number of carbonyl (C=O) groups is 1. The number of hydrogen-bond donors (Lipinski definition) is 1. The van der Waals surface area contributed by atoms with Gasteiger partial charge in [0.1, 0.15) is 10.5 Å². The molecule has 0 amide bonds. The maximum Gasteiger partial charge on any atom is 0.513 e. The normalized spacial score (nSPS) is 15.4. The van der Waals surface area contributed by atoms with Crippen molar-refractivity contribution in [3.8, 4) is 5.95 Å². The third-order valence-electron chi connectivity index (χ3n) is 4.89. The van der Waals surface area contributed by atoms with Crippen molar-refractivity contribution in [1.29, 1.82) is 0 Å². The van der Waals surface area contributed by atoms with Gasteiger partial charge in [-0.2, -0.15) is 4.31 Å². The number of rotatable bonds is 4. The summed E-state index contributed by atoms with van der Waals surface area (Å²) in [6.07, 6.45) is -1.49. The Morgan fingerprint density at radius 3 is 2.42 bits per heavy atom. The first-order chi connectivity index (χ1) is 14.7. The molecule has 4 rings (SSSR count). The van der Waals surface area contributed by atoms with Crippen molar-refractivity contribution in [3.63, 3.8) is 0 Å². The summed E-state index contributed by atoms with van der Waals surface area (Å²) in [4.78, 5) is 12.6. The van der Waals surface area contributed by atoms with Crippen molar-refractivity contribution >= 4 is 67.6 Å². The monoisotopic (exact) mass is 504 g/mol. The molecular formula is C19H15Cl3N2O6S. The molecule has 1 aromatic heterocycles. The summed E-state index contributed by atoms with van der Waals surface area (Å²) in [7, 11) is -3.80. The molecule has 1 saturated heterocycles. The minimum Gasteiger partial charge on any atom is -0.449 e. The topological polar surface area (TPSA) is 100 Å². The van der Waals surface area contributed by atoms with Crippen molar-refractivity contribution in [3.05, 3.63) is 51.5 Å². The molecule has 164 valence electrons. The van der Waals surface area contributed by atoms with Gasteiger partial charge in [0.2, 0.25) is 10.0 Å². The van der Waals surface area contributed by atoms with Crippen molar-refractivity contribution in [2.75, 3.05) is 31.1 Å². The van der Waals surface area contributed by atoms with Crippen LogP contribution in [-0.2, 0) is 10.0 Å². The number of ether oxygens (including phenoxy) is 1. The number of benzene rings is 2. The van der Waals surface area contributed by atoms with Crippen LogP contribution in [0.4, 0.5) is 10.5 Å². The number of piperazine rings is 1. The van der Waals surface area contributed by atoms with Crippen LogP contribution in [0, 0.1) is 0 Å². The van der Waals surface area contributed by atoms with E-state index >= 15 is 0 Å². The van der Waals surface area contributed by atoms with Gasteiger partial charge in [0, 0.05) is 37.6 Å². The molecule has 1 N–H and O–H groups in total. The Morgan fingerprint density at radius 1 is 1.03 bits per heavy atom. The Bertz CT molecular complexity index is 1270. The molecule has 12 heteroatoms. The van der Waals surface area contributed by atoms with Crippen LogP contribution in [0.3, 0.4) is 0 Å². The second-order valence-corrected chi connectivity index (χ2v) is 9.76. The van der Waals surface area contributed by atoms with Crippen LogP contribution in [0.1, 0.15) is 0 Å². The van der Waals surface area contributed by atoms with Gasteiger partial charge in [-0.05, 0) is 24.3 Å². The van der Waals surface area contributed by atoms with Crippen molar-refractivity contribution in [1.82, 2.24) is 4.31 Å². The Hall–Kier alpha value is -2.17. The lowest BCUT2D eigenvalue weighted by Crippen LogP contribution is -2.48. The smallest absolute Gasteiger partial charge is 0.449 e. The number of nitrogens with zero attached hydrogens (tertiary/aromatic N) is 2. The third-order valence-corrected chi connectivity index (χ3v) is 8.16. The maximum atomic E-state index is 13.0. The molecule has 1 fully saturated rings. The summed E-state index contributed by atoms with van der Waals surface area (Å²) < 4.78 is 37.2. The van der Waals surface area contributed by atoms with Gasteiger partial charge in [0.15, 0.2) is 0 Å². The van der Waals surface area contributed by atoms with Crippen molar-refractivity contribution in [2.24, 2.45) is 0 Å². The van der Waals surface area contributed by atoms with Gasteiger partial charge >= 0.3 is 6.16 Å². The van der Waals surface area contributed by atoms with E-state index in [-0.39, 0.29) is 34.0 Å². The predicted molar refractivity (Wildman–Crippen MR) is 117 cm³/mol. The minimum absolute atomic E-state index is 0.000524. The second-order valence-electron chi connectivity index (χ2n) is 6.69. The van der Waals surface area contributed by atoms with E-state index in [1.807, 2.05) is 4.90 Å². The average Bonchev–Trinajstić information content (AvgIpc) is 3.13. The molecule has 8 nitrogen and oxygen atoms in total. The fourth-order valence-corrected chi connectivity index (χ4v) is 5.90. The first-order valence-corrected chi connectivity index (χ1v) is 11.6. The number of hydrogen-bond acceptors (Lipinski definition) is 6. The van der Waals surface area contributed by atoms with Gasteiger partial charge in [-0.3, -0.25) is 0 Å². The standard InChI is InChI=1S/C19H15Cl3N2O6S/c20-12-2-1-3-15(18(12)22)31(27,28)24-8-6-23(7-9-24)13-4-5-14-11(17(13)21)10-16(29-14)30-19(25)26/h1-5,10H,6-9H2,(H,25,26). The highest BCUT2D eigenvalue weighted by Crippen LogP contribution is 2.38. The molecule has 0 spiro atoms. The van der Waals surface area contributed by atoms with E-state index < -0.39 is 16.2 Å². The highest BCUT2D eigenvalue weighted by atomic mass is 35.5. The van der Waals surface area contributed by atoms with Crippen LogP contribution in [0.2, 0.25) is 15.1 Å². The average molecular weight is 506 g/mol. The lowest BCUT2D eigenvalue weighted by Gasteiger charge is -2.36. The number of anilines is 1. The molecule has 2 heterocycles. The number of sulfonamides is 1. The first-order valence-electron chi connectivity index (χ1n) is 9.00. The van der Waals surface area contributed by atoms with Crippen LogP contribution in [-0.4, -0.2) is 50.2 Å². The number of fused-ring (bicyclic) bond motifs is 1. The largest absolute Gasteiger partial charge is 0.513 e. The molecule has 3 aromatic rings. The molecule has 0 bridgehead atoms. The summed E-state index contributed by atoms with van der Waals surface area (Å²) in [5, 5.41) is 9.76. The Kier molecular flexibility index (Phi) is 5.97. The lowest BCUT2D eigenvalue weighted by molar-refractivity contribution is 0.134. The quantitative estimate of drug-likeness (QED) is 0.500. The van der Waals surface area contributed by atoms with Gasteiger partial charge < -0.3 is 19.2 Å². The van der Waals surface area contributed by atoms with Gasteiger partial charge in [0.05, 0.1) is 20.8 Å². The second kappa shape index (κ2) is 8.40. The van der Waals surface area contributed by atoms with E-state index in [1.165, 1.54) is 22.5 Å². The summed E-state index contributed by atoms with van der Waals surface area (Å²) >= 11 is 18.6. The van der Waals surface area contributed by atoms with E-state index in [2.05, 4.69) is 4.74 Å². The zero-order chi connectivity index (χ0) is 22.3. The van der Waals surface area contributed by atoms with Crippen LogP contribution < -0.4 is 9.64 Å². The number of carboxylic acid groups (broad SMARTS) is 1. The molecule has 31 heavy (non-hydrogen) atoms. The molecule has 1 aliphatic heterocycles. The molecular weight excluding hydrogens is 491 g/mol.